The van der Waals surface area contributed by atoms with Gasteiger partial charge >= 0.3 is 7.12 Å². The van der Waals surface area contributed by atoms with Crippen molar-refractivity contribution in [2.45, 2.75) is 45.3 Å². The normalized spacial score (nSPS) is 24.4. The average molecular weight is 291 g/mol. The molecule has 1 aromatic rings. The van der Waals surface area contributed by atoms with E-state index >= 15 is 0 Å². The van der Waals surface area contributed by atoms with Gasteiger partial charge in [0.1, 0.15) is 0 Å². The first-order valence-electron chi connectivity index (χ1n) is 7.25. The zero-order valence-corrected chi connectivity index (χ0v) is 13.5. The summed E-state index contributed by atoms with van der Waals surface area (Å²) in [5.41, 5.74) is 1.81. The van der Waals surface area contributed by atoms with Gasteiger partial charge in [0.05, 0.1) is 11.2 Å². The molecule has 2 fully saturated rings. The van der Waals surface area contributed by atoms with Crippen molar-refractivity contribution in [3.8, 4) is 0 Å². The Morgan fingerprint density at radius 2 is 1.65 bits per heavy atom. The van der Waals surface area contributed by atoms with E-state index in [0.717, 1.165) is 12.0 Å². The molecule has 2 aliphatic rings. The third kappa shape index (κ3) is 2.47. The van der Waals surface area contributed by atoms with Crippen LogP contribution in [0.4, 0.5) is 5.69 Å². The van der Waals surface area contributed by atoms with Gasteiger partial charge in [-0.25, -0.2) is 0 Å². The zero-order chi connectivity index (χ0) is 14.4. The highest BCUT2D eigenvalue weighted by molar-refractivity contribution is 8.00. The van der Waals surface area contributed by atoms with Crippen molar-refractivity contribution in [2.75, 3.05) is 16.6 Å². The van der Waals surface area contributed by atoms with E-state index in [2.05, 4.69) is 56.3 Å². The lowest BCUT2D eigenvalue weighted by Crippen LogP contribution is -2.41. The Balaban J connectivity index is 1.75. The van der Waals surface area contributed by atoms with Gasteiger partial charge < -0.3 is 13.6 Å². The molecule has 0 amide bonds. The maximum atomic E-state index is 6.07. The number of nitrogens with zero attached hydrogens (tertiary/aromatic N) is 1. The van der Waals surface area contributed by atoms with Gasteiger partial charge in [0, 0.05) is 18.0 Å². The van der Waals surface area contributed by atoms with Crippen molar-refractivity contribution in [3.05, 3.63) is 24.3 Å². The lowest BCUT2D eigenvalue weighted by atomic mass is 9.79. The maximum absolute atomic E-state index is 6.07. The number of benzene rings is 1. The summed E-state index contributed by atoms with van der Waals surface area (Å²) in [5, 5.41) is 0. The quantitative estimate of drug-likeness (QED) is 0.617. The zero-order valence-electron chi connectivity index (χ0n) is 12.7. The summed E-state index contributed by atoms with van der Waals surface area (Å²) in [6, 6.07) is 8.57. The van der Waals surface area contributed by atoms with Crippen LogP contribution in [0.1, 0.15) is 34.1 Å². The van der Waals surface area contributed by atoms with E-state index in [4.69, 9.17) is 9.31 Å². The van der Waals surface area contributed by atoms with Crippen LogP contribution < -0.4 is 9.77 Å². The Hall–Kier alpha value is -0.645. The third-order valence-corrected chi connectivity index (χ3v) is 5.64. The van der Waals surface area contributed by atoms with E-state index in [0.29, 0.717) is 0 Å². The van der Waals surface area contributed by atoms with Crippen LogP contribution in [0.15, 0.2) is 24.3 Å². The van der Waals surface area contributed by atoms with E-state index in [9.17, 15) is 0 Å². The molecule has 5 heteroatoms. The number of hydrogen-bond acceptors (Lipinski definition) is 4. The molecule has 20 heavy (non-hydrogen) atoms. The minimum Gasteiger partial charge on any atom is -0.399 e. The lowest BCUT2D eigenvalue weighted by Gasteiger charge is -2.32. The minimum absolute atomic E-state index is 0.264. The summed E-state index contributed by atoms with van der Waals surface area (Å²) in [5.74, 6) is 1.22. The minimum atomic E-state index is -0.277. The van der Waals surface area contributed by atoms with Crippen LogP contribution in [0.5, 0.6) is 0 Å². The maximum Gasteiger partial charge on any atom is 0.494 e. The first kappa shape index (κ1) is 14.3. The standard InChI is InChI=1S/C15H22BNO2S/c1-14(2)15(3,4)19-16(18-14)12-6-8-13(9-7-12)17-10-5-11-20-17/h6-9H,5,10-11H2,1-4H3. The smallest absolute Gasteiger partial charge is 0.399 e. The van der Waals surface area contributed by atoms with Crippen LogP contribution in [0.2, 0.25) is 0 Å². The number of rotatable bonds is 2. The molecule has 1 aromatic carbocycles. The van der Waals surface area contributed by atoms with Gasteiger partial charge in [0.15, 0.2) is 0 Å². The summed E-state index contributed by atoms with van der Waals surface area (Å²) in [6.45, 7) is 9.48. The molecule has 0 aliphatic carbocycles. The Morgan fingerprint density at radius 1 is 1.05 bits per heavy atom. The topological polar surface area (TPSA) is 21.7 Å². The summed E-state index contributed by atoms with van der Waals surface area (Å²) in [4.78, 5) is 0. The second-order valence-electron chi connectivity index (χ2n) is 6.47. The molecule has 3 nitrogen and oxygen atoms in total. The molecule has 2 heterocycles. The second kappa shape index (κ2) is 4.97. The molecule has 0 aromatic heterocycles. The Kier molecular flexibility index (Phi) is 3.55. The van der Waals surface area contributed by atoms with Gasteiger partial charge in [-0.3, -0.25) is 0 Å². The van der Waals surface area contributed by atoms with Crippen LogP contribution in [0, 0.1) is 0 Å². The number of hydrogen-bond donors (Lipinski definition) is 0. The highest BCUT2D eigenvalue weighted by Crippen LogP contribution is 2.36. The fraction of sp³-hybridized carbons (Fsp3) is 0.600. The van der Waals surface area contributed by atoms with Gasteiger partial charge in [0.25, 0.3) is 0 Å². The fourth-order valence-electron chi connectivity index (χ4n) is 2.43. The largest absolute Gasteiger partial charge is 0.494 e. The summed E-state index contributed by atoms with van der Waals surface area (Å²) in [7, 11) is -0.264. The van der Waals surface area contributed by atoms with Gasteiger partial charge in [-0.05, 0) is 63.7 Å². The van der Waals surface area contributed by atoms with Crippen LogP contribution >= 0.6 is 11.9 Å². The lowest BCUT2D eigenvalue weighted by molar-refractivity contribution is 0.00578. The predicted octanol–water partition coefficient (Wildman–Crippen LogP) is 2.84. The first-order valence-corrected chi connectivity index (χ1v) is 8.19. The second-order valence-corrected chi connectivity index (χ2v) is 7.58. The van der Waals surface area contributed by atoms with Crippen molar-refractivity contribution >= 4 is 30.2 Å². The Bertz CT molecular complexity index is 467. The Labute approximate surface area is 126 Å². The van der Waals surface area contributed by atoms with E-state index < -0.39 is 0 Å². The molecule has 0 bridgehead atoms. The van der Waals surface area contributed by atoms with Crippen LogP contribution in [0.3, 0.4) is 0 Å². The monoisotopic (exact) mass is 291 g/mol. The summed E-state index contributed by atoms with van der Waals surface area (Å²) in [6.07, 6.45) is 1.27. The van der Waals surface area contributed by atoms with Crippen LogP contribution in [-0.2, 0) is 9.31 Å². The highest BCUT2D eigenvalue weighted by atomic mass is 32.2. The molecule has 0 N–H and O–H groups in total. The summed E-state index contributed by atoms with van der Waals surface area (Å²) < 4.78 is 14.5. The molecule has 0 spiro atoms. The van der Waals surface area contributed by atoms with E-state index in [1.54, 1.807) is 0 Å². The SMILES string of the molecule is CC1(C)OB(c2ccc(N3CCCS3)cc2)OC1(C)C. The molecular formula is C15H22BNO2S. The molecule has 108 valence electrons. The highest BCUT2D eigenvalue weighted by Gasteiger charge is 2.51. The van der Waals surface area contributed by atoms with Gasteiger partial charge in [0.2, 0.25) is 0 Å². The molecular weight excluding hydrogens is 269 g/mol. The molecule has 0 unspecified atom stereocenters. The third-order valence-electron chi connectivity index (χ3n) is 4.46. The first-order chi connectivity index (χ1) is 9.39. The molecule has 0 atom stereocenters. The molecule has 3 rings (SSSR count). The van der Waals surface area contributed by atoms with Crippen molar-refractivity contribution in [1.82, 2.24) is 0 Å². The van der Waals surface area contributed by atoms with Crippen molar-refractivity contribution in [1.29, 1.82) is 0 Å². The van der Waals surface area contributed by atoms with Crippen LogP contribution in [-0.4, -0.2) is 30.6 Å². The van der Waals surface area contributed by atoms with Crippen LogP contribution in [0.25, 0.3) is 0 Å². The van der Waals surface area contributed by atoms with Crippen molar-refractivity contribution < 1.29 is 9.31 Å². The van der Waals surface area contributed by atoms with Crippen molar-refractivity contribution in [2.24, 2.45) is 0 Å². The number of anilines is 1. The van der Waals surface area contributed by atoms with Crippen molar-refractivity contribution in [3.63, 3.8) is 0 Å². The molecule has 0 radical (unpaired) electrons. The fourth-order valence-corrected chi connectivity index (χ4v) is 3.44. The Morgan fingerprint density at radius 3 is 2.15 bits per heavy atom. The van der Waals surface area contributed by atoms with E-state index in [1.165, 1.54) is 17.9 Å². The van der Waals surface area contributed by atoms with E-state index in [1.807, 2.05) is 11.9 Å². The van der Waals surface area contributed by atoms with Gasteiger partial charge in [-0.2, -0.15) is 0 Å². The van der Waals surface area contributed by atoms with E-state index in [-0.39, 0.29) is 18.3 Å². The summed E-state index contributed by atoms with van der Waals surface area (Å²) >= 11 is 1.90. The average Bonchev–Trinajstić information content (AvgIpc) is 2.97. The molecule has 0 saturated carbocycles. The van der Waals surface area contributed by atoms with Gasteiger partial charge in [-0.15, -0.1) is 0 Å². The molecule has 2 saturated heterocycles. The molecule has 2 aliphatic heterocycles. The predicted molar refractivity (Wildman–Crippen MR) is 86.6 cm³/mol. The van der Waals surface area contributed by atoms with Gasteiger partial charge in [-0.1, -0.05) is 12.1 Å².